The maximum Gasteiger partial charge on any atom is 0.160 e. The van der Waals surface area contributed by atoms with E-state index in [-0.39, 0.29) is 0 Å². The predicted molar refractivity (Wildman–Crippen MR) is 81.8 cm³/mol. The minimum Gasteiger partial charge on any atom is -0.308 e. The van der Waals surface area contributed by atoms with Crippen molar-refractivity contribution in [2.24, 2.45) is 0 Å². The molecule has 0 saturated heterocycles. The van der Waals surface area contributed by atoms with Gasteiger partial charge in [-0.3, -0.25) is 0 Å². The zero-order chi connectivity index (χ0) is 13.9. The fraction of sp³-hybridized carbons (Fsp3) is 0.294. The Balaban J connectivity index is 2.04. The average Bonchev–Trinajstić information content (AvgIpc) is 2.80. The van der Waals surface area contributed by atoms with Gasteiger partial charge in [0, 0.05) is 12.6 Å². The topological polar surface area (TPSA) is 30.7 Å². The first-order valence-electron chi connectivity index (χ1n) is 7.13. The zero-order valence-electron chi connectivity index (χ0n) is 12.0. The molecule has 102 valence electrons. The van der Waals surface area contributed by atoms with Gasteiger partial charge in [-0.2, -0.15) is 0 Å². The molecule has 0 atom stereocenters. The summed E-state index contributed by atoms with van der Waals surface area (Å²) in [6, 6.07) is 12.6. The standard InChI is InChI=1S/C17H19N3/c1-3-5-16-19-15-6-4-11-18-17(15)20(16)12-14-9-7-13(2)8-10-14/h4,6-11H,3,5,12H2,1-2H3. The van der Waals surface area contributed by atoms with Crippen LogP contribution >= 0.6 is 0 Å². The Morgan fingerprint density at radius 1 is 1.10 bits per heavy atom. The molecule has 3 aromatic rings. The van der Waals surface area contributed by atoms with E-state index in [1.165, 1.54) is 11.1 Å². The van der Waals surface area contributed by atoms with Crippen molar-refractivity contribution in [1.82, 2.24) is 14.5 Å². The van der Waals surface area contributed by atoms with Crippen molar-refractivity contribution < 1.29 is 0 Å². The largest absolute Gasteiger partial charge is 0.308 e. The lowest BCUT2D eigenvalue weighted by Crippen LogP contribution is -2.05. The van der Waals surface area contributed by atoms with Gasteiger partial charge in [-0.25, -0.2) is 9.97 Å². The third kappa shape index (κ3) is 2.44. The minimum atomic E-state index is 0.836. The van der Waals surface area contributed by atoms with E-state index >= 15 is 0 Å². The Kier molecular flexibility index (Phi) is 3.50. The molecule has 1 aromatic carbocycles. The monoisotopic (exact) mass is 265 g/mol. The van der Waals surface area contributed by atoms with Crippen LogP contribution in [0.3, 0.4) is 0 Å². The summed E-state index contributed by atoms with van der Waals surface area (Å²) in [6.45, 7) is 5.13. The summed E-state index contributed by atoms with van der Waals surface area (Å²) in [7, 11) is 0. The maximum absolute atomic E-state index is 4.72. The van der Waals surface area contributed by atoms with E-state index in [0.29, 0.717) is 0 Å². The number of pyridine rings is 1. The number of imidazole rings is 1. The summed E-state index contributed by atoms with van der Waals surface area (Å²) in [4.78, 5) is 9.21. The van der Waals surface area contributed by atoms with E-state index in [1.54, 1.807) is 0 Å². The number of benzene rings is 1. The number of rotatable bonds is 4. The van der Waals surface area contributed by atoms with E-state index in [4.69, 9.17) is 4.98 Å². The summed E-state index contributed by atoms with van der Waals surface area (Å²) < 4.78 is 2.24. The maximum atomic E-state index is 4.72. The normalized spacial score (nSPS) is 11.1. The Labute approximate surface area is 119 Å². The fourth-order valence-corrected chi connectivity index (χ4v) is 2.46. The van der Waals surface area contributed by atoms with Gasteiger partial charge in [-0.15, -0.1) is 0 Å². The molecule has 0 saturated carbocycles. The third-order valence-corrected chi connectivity index (χ3v) is 3.52. The van der Waals surface area contributed by atoms with Crippen molar-refractivity contribution in [1.29, 1.82) is 0 Å². The number of fused-ring (bicyclic) bond motifs is 1. The molecule has 0 aliphatic rings. The zero-order valence-corrected chi connectivity index (χ0v) is 12.0. The molecule has 3 rings (SSSR count). The molecule has 0 spiro atoms. The van der Waals surface area contributed by atoms with Gasteiger partial charge in [0.25, 0.3) is 0 Å². The first kappa shape index (κ1) is 12.9. The van der Waals surface area contributed by atoms with Gasteiger partial charge in [0.1, 0.15) is 11.3 Å². The van der Waals surface area contributed by atoms with Gasteiger partial charge in [0.2, 0.25) is 0 Å². The smallest absolute Gasteiger partial charge is 0.160 e. The molecule has 0 amide bonds. The highest BCUT2D eigenvalue weighted by molar-refractivity contribution is 5.71. The molecular formula is C17H19N3. The lowest BCUT2D eigenvalue weighted by Gasteiger charge is -2.08. The summed E-state index contributed by atoms with van der Waals surface area (Å²) in [5.74, 6) is 1.13. The predicted octanol–water partition coefficient (Wildman–Crippen LogP) is 3.74. The molecule has 0 aliphatic carbocycles. The number of hydrogen-bond acceptors (Lipinski definition) is 2. The molecule has 3 nitrogen and oxygen atoms in total. The van der Waals surface area contributed by atoms with Crippen molar-refractivity contribution in [2.45, 2.75) is 33.2 Å². The van der Waals surface area contributed by atoms with Crippen LogP contribution in [-0.2, 0) is 13.0 Å². The summed E-state index contributed by atoms with van der Waals surface area (Å²) >= 11 is 0. The van der Waals surface area contributed by atoms with Crippen molar-refractivity contribution in [3.8, 4) is 0 Å². The number of aromatic nitrogens is 3. The van der Waals surface area contributed by atoms with Crippen LogP contribution in [0.25, 0.3) is 11.2 Å². The van der Waals surface area contributed by atoms with Crippen molar-refractivity contribution >= 4 is 11.2 Å². The van der Waals surface area contributed by atoms with Gasteiger partial charge in [-0.1, -0.05) is 36.8 Å². The summed E-state index contributed by atoms with van der Waals surface area (Å²) in [5, 5.41) is 0. The molecule has 0 aliphatic heterocycles. The average molecular weight is 265 g/mol. The molecule has 0 N–H and O–H groups in total. The highest BCUT2D eigenvalue weighted by atomic mass is 15.1. The summed E-state index contributed by atoms with van der Waals surface area (Å²) in [5.41, 5.74) is 4.55. The van der Waals surface area contributed by atoms with Gasteiger partial charge >= 0.3 is 0 Å². The third-order valence-electron chi connectivity index (χ3n) is 3.52. The number of aryl methyl sites for hydroxylation is 2. The van der Waals surface area contributed by atoms with Crippen LogP contribution in [0.5, 0.6) is 0 Å². The van der Waals surface area contributed by atoms with E-state index in [0.717, 1.165) is 36.4 Å². The highest BCUT2D eigenvalue weighted by Gasteiger charge is 2.11. The first-order valence-corrected chi connectivity index (χ1v) is 7.13. The van der Waals surface area contributed by atoms with E-state index in [9.17, 15) is 0 Å². The van der Waals surface area contributed by atoms with E-state index in [1.807, 2.05) is 18.3 Å². The number of nitrogens with zero attached hydrogens (tertiary/aromatic N) is 3. The molecule has 2 heterocycles. The van der Waals surface area contributed by atoms with Crippen molar-refractivity contribution in [3.63, 3.8) is 0 Å². The van der Waals surface area contributed by atoms with Gasteiger partial charge in [0.15, 0.2) is 5.65 Å². The van der Waals surface area contributed by atoms with Crippen molar-refractivity contribution in [3.05, 3.63) is 59.5 Å². The Morgan fingerprint density at radius 2 is 1.90 bits per heavy atom. The van der Waals surface area contributed by atoms with Crippen LogP contribution in [-0.4, -0.2) is 14.5 Å². The summed E-state index contributed by atoms with van der Waals surface area (Å²) in [6.07, 6.45) is 3.92. The second-order valence-corrected chi connectivity index (χ2v) is 5.20. The Hall–Kier alpha value is -2.16. The van der Waals surface area contributed by atoms with Gasteiger partial charge in [0.05, 0.1) is 6.54 Å². The van der Waals surface area contributed by atoms with E-state index in [2.05, 4.69) is 47.7 Å². The van der Waals surface area contributed by atoms with Crippen LogP contribution in [0.4, 0.5) is 0 Å². The molecule has 2 aromatic heterocycles. The minimum absolute atomic E-state index is 0.836. The molecule has 0 radical (unpaired) electrons. The fourth-order valence-electron chi connectivity index (χ4n) is 2.46. The SMILES string of the molecule is CCCc1nc2cccnc2n1Cc1ccc(C)cc1. The Bertz CT molecular complexity index is 711. The van der Waals surface area contributed by atoms with Crippen LogP contribution in [0.1, 0.15) is 30.3 Å². The highest BCUT2D eigenvalue weighted by Crippen LogP contribution is 2.17. The van der Waals surface area contributed by atoms with Gasteiger partial charge < -0.3 is 4.57 Å². The molecule has 20 heavy (non-hydrogen) atoms. The van der Waals surface area contributed by atoms with Crippen LogP contribution in [0.2, 0.25) is 0 Å². The van der Waals surface area contributed by atoms with E-state index < -0.39 is 0 Å². The van der Waals surface area contributed by atoms with Gasteiger partial charge in [-0.05, 0) is 31.0 Å². The van der Waals surface area contributed by atoms with Crippen LogP contribution in [0, 0.1) is 6.92 Å². The van der Waals surface area contributed by atoms with Crippen molar-refractivity contribution in [2.75, 3.05) is 0 Å². The molecule has 0 fully saturated rings. The quantitative estimate of drug-likeness (QED) is 0.719. The second-order valence-electron chi connectivity index (χ2n) is 5.20. The molecule has 3 heteroatoms. The lowest BCUT2D eigenvalue weighted by molar-refractivity contribution is 0.716. The number of hydrogen-bond donors (Lipinski definition) is 0. The lowest BCUT2D eigenvalue weighted by atomic mass is 10.1. The molecule has 0 unspecified atom stereocenters. The van der Waals surface area contributed by atoms with Crippen LogP contribution in [0.15, 0.2) is 42.6 Å². The Morgan fingerprint density at radius 3 is 2.65 bits per heavy atom. The van der Waals surface area contributed by atoms with Crippen LogP contribution < -0.4 is 0 Å². The molecule has 0 bridgehead atoms. The second kappa shape index (κ2) is 5.45. The first-order chi connectivity index (χ1) is 9.78. The molecular weight excluding hydrogens is 246 g/mol.